The van der Waals surface area contributed by atoms with Crippen LogP contribution in [0, 0.1) is 17.8 Å². The van der Waals surface area contributed by atoms with Gasteiger partial charge in [0, 0.05) is 39.4 Å². The van der Waals surface area contributed by atoms with Crippen LogP contribution in [0.4, 0.5) is 0 Å². The van der Waals surface area contributed by atoms with Gasteiger partial charge in [0.15, 0.2) is 0 Å². The maximum Gasteiger partial charge on any atom is 0.245 e. The highest BCUT2D eigenvalue weighted by atomic mass is 32.1. The summed E-state index contributed by atoms with van der Waals surface area (Å²) in [5.41, 5.74) is 5.97. The first-order valence-electron chi connectivity index (χ1n) is 18.5. The van der Waals surface area contributed by atoms with Gasteiger partial charge in [0.25, 0.3) is 0 Å². The highest BCUT2D eigenvalue weighted by Gasteiger charge is 2.43. The lowest BCUT2D eigenvalue weighted by Gasteiger charge is -2.41. The third kappa shape index (κ3) is 11.1. The lowest BCUT2D eigenvalue weighted by atomic mass is 9.89. The molecule has 12 nitrogen and oxygen atoms in total. The van der Waals surface area contributed by atoms with Crippen LogP contribution in [0.15, 0.2) is 41.9 Å². The molecule has 1 aromatic heterocycles. The molecule has 2 heterocycles. The molecule has 4 N–H and O–H groups in total. The van der Waals surface area contributed by atoms with Gasteiger partial charge in [0.05, 0.1) is 48.2 Å². The lowest BCUT2D eigenvalue weighted by Crippen LogP contribution is -2.60. The number of rotatable bonds is 19. The van der Waals surface area contributed by atoms with Crippen LogP contribution in [-0.2, 0) is 35.1 Å². The Morgan fingerprint density at radius 2 is 1.75 bits per heavy atom. The first-order valence-corrected chi connectivity index (χ1v) is 19.4. The molecule has 1 aliphatic rings. The molecule has 0 radical (unpaired) electrons. The Morgan fingerprint density at radius 3 is 2.29 bits per heavy atom. The molecule has 13 heteroatoms. The maximum absolute atomic E-state index is 14.2. The third-order valence-electron chi connectivity index (χ3n) is 10.4. The molecule has 0 bridgehead atoms. The van der Waals surface area contributed by atoms with Crippen molar-refractivity contribution < 1.29 is 28.7 Å². The molecule has 1 aromatic carbocycles. The number of benzene rings is 1. The molecule has 3 rings (SSSR count). The van der Waals surface area contributed by atoms with Crippen LogP contribution >= 0.6 is 11.3 Å². The van der Waals surface area contributed by atoms with Crippen molar-refractivity contribution in [2.75, 3.05) is 27.8 Å². The van der Waals surface area contributed by atoms with Crippen molar-refractivity contribution in [3.63, 3.8) is 0 Å². The Hall–Kier alpha value is -3.39. The van der Waals surface area contributed by atoms with Gasteiger partial charge in [-0.3, -0.25) is 19.2 Å². The van der Waals surface area contributed by atoms with Gasteiger partial charge in [-0.2, -0.15) is 0 Å². The minimum absolute atomic E-state index is 0.0207. The van der Waals surface area contributed by atoms with Gasteiger partial charge in [-0.1, -0.05) is 71.4 Å². The van der Waals surface area contributed by atoms with E-state index < -0.39 is 41.7 Å². The van der Waals surface area contributed by atoms with Crippen molar-refractivity contribution in [2.45, 2.75) is 122 Å². The van der Waals surface area contributed by atoms with E-state index in [2.05, 4.69) is 15.6 Å². The fourth-order valence-corrected chi connectivity index (χ4v) is 7.82. The number of carbonyl (C=O) groups excluding carboxylic acids is 4. The SMILES string of the molecule is CC[C@H](C)C([C@@H](CC(=O)N1CCCC1C(OC)[C@@H](C)C(=O)N[C@@H](Cc1ccccc1)c1nccs1)OC)N(C)C(=O)[C@@H](NC(=O)C(C)(C)N)C(C)C. The first kappa shape index (κ1) is 43.0. The van der Waals surface area contributed by atoms with Crippen LogP contribution in [0.5, 0.6) is 0 Å². The number of nitrogens with one attached hydrogen (secondary N) is 2. The van der Waals surface area contributed by atoms with E-state index in [1.165, 1.54) is 11.3 Å². The van der Waals surface area contributed by atoms with Crippen LogP contribution in [0.2, 0.25) is 0 Å². The molecule has 290 valence electrons. The number of amides is 4. The Labute approximate surface area is 314 Å². The standard InChI is InChI=1S/C39H62N6O6S/c1-11-25(4)33(44(8)37(48)32(24(2)3)43-38(49)39(6,7)40)30(50-9)23-31(46)45-20-15-18-29(45)34(51-10)26(5)35(47)42-28(36-41-19-21-52-36)22-27-16-13-12-14-17-27/h12-14,16-17,19,21,24-26,28-30,32-34H,11,15,18,20,22-23,40H2,1-10H3,(H,42,47)(H,43,49)/t25-,26+,28-,29?,30+,32-,33?,34?/m0/s1. The average Bonchev–Trinajstić information content (AvgIpc) is 3.83. The summed E-state index contributed by atoms with van der Waals surface area (Å²) in [7, 11) is 4.86. The smallest absolute Gasteiger partial charge is 0.245 e. The van der Waals surface area contributed by atoms with Crippen molar-refractivity contribution >= 4 is 35.0 Å². The zero-order chi connectivity index (χ0) is 38.7. The second-order valence-electron chi connectivity index (χ2n) is 15.1. The molecule has 1 aliphatic heterocycles. The van der Waals surface area contributed by atoms with E-state index in [9.17, 15) is 19.2 Å². The number of nitrogens with zero attached hydrogens (tertiary/aromatic N) is 3. The summed E-state index contributed by atoms with van der Waals surface area (Å²) < 4.78 is 12.0. The van der Waals surface area contributed by atoms with Crippen LogP contribution in [0.3, 0.4) is 0 Å². The molecule has 8 atom stereocenters. The minimum Gasteiger partial charge on any atom is -0.379 e. The first-order chi connectivity index (χ1) is 24.5. The van der Waals surface area contributed by atoms with Gasteiger partial charge in [-0.15, -0.1) is 11.3 Å². The topological polar surface area (TPSA) is 156 Å². The van der Waals surface area contributed by atoms with E-state index >= 15 is 0 Å². The fourth-order valence-electron chi connectivity index (χ4n) is 7.13. The highest BCUT2D eigenvalue weighted by Crippen LogP contribution is 2.30. The number of carbonyl (C=O) groups is 4. The average molecular weight is 743 g/mol. The van der Waals surface area contributed by atoms with Gasteiger partial charge in [-0.25, -0.2) is 4.98 Å². The summed E-state index contributed by atoms with van der Waals surface area (Å²) in [5.74, 6) is -1.76. The van der Waals surface area contributed by atoms with E-state index in [4.69, 9.17) is 15.2 Å². The van der Waals surface area contributed by atoms with Crippen LogP contribution in [0.25, 0.3) is 0 Å². The molecule has 0 saturated carbocycles. The normalized spacial score (nSPS) is 18.9. The minimum atomic E-state index is -1.15. The number of ether oxygens (including phenoxy) is 2. The zero-order valence-corrected chi connectivity index (χ0v) is 33.6. The third-order valence-corrected chi connectivity index (χ3v) is 11.3. The van der Waals surface area contributed by atoms with Crippen molar-refractivity contribution in [1.29, 1.82) is 0 Å². The Balaban J connectivity index is 1.78. The molecule has 1 fully saturated rings. The molecular formula is C39H62N6O6S. The molecular weight excluding hydrogens is 681 g/mol. The summed E-state index contributed by atoms with van der Waals surface area (Å²) >= 11 is 1.50. The second kappa shape index (κ2) is 19.6. The van der Waals surface area contributed by atoms with Gasteiger partial charge >= 0.3 is 0 Å². The van der Waals surface area contributed by atoms with Crippen LogP contribution < -0.4 is 16.4 Å². The van der Waals surface area contributed by atoms with E-state index in [0.29, 0.717) is 19.4 Å². The quantitative estimate of drug-likeness (QED) is 0.192. The van der Waals surface area contributed by atoms with Gasteiger partial charge < -0.3 is 35.6 Å². The highest BCUT2D eigenvalue weighted by molar-refractivity contribution is 7.09. The number of nitrogens with two attached hydrogens (primary N) is 1. The van der Waals surface area contributed by atoms with Crippen LogP contribution in [-0.4, -0.2) is 102 Å². The van der Waals surface area contributed by atoms with Crippen LogP contribution in [0.1, 0.15) is 90.8 Å². The zero-order valence-electron chi connectivity index (χ0n) is 32.8. The van der Waals surface area contributed by atoms with Crippen molar-refractivity contribution in [1.82, 2.24) is 25.4 Å². The lowest BCUT2D eigenvalue weighted by molar-refractivity contribution is -0.148. The van der Waals surface area contributed by atoms with Crippen molar-refractivity contribution in [3.8, 4) is 0 Å². The van der Waals surface area contributed by atoms with E-state index in [1.807, 2.05) is 75.2 Å². The summed E-state index contributed by atoms with van der Waals surface area (Å²) in [6.45, 7) is 13.4. The second-order valence-corrected chi connectivity index (χ2v) is 16.1. The van der Waals surface area contributed by atoms with Crippen molar-refractivity contribution in [3.05, 3.63) is 52.5 Å². The molecule has 1 saturated heterocycles. The van der Waals surface area contributed by atoms with Gasteiger partial charge in [0.1, 0.15) is 11.0 Å². The summed E-state index contributed by atoms with van der Waals surface area (Å²) in [6.07, 6.45) is 3.42. The van der Waals surface area contributed by atoms with Gasteiger partial charge in [0.2, 0.25) is 23.6 Å². The number of hydrogen-bond acceptors (Lipinski definition) is 9. The monoisotopic (exact) mass is 742 g/mol. The maximum atomic E-state index is 14.2. The molecule has 52 heavy (non-hydrogen) atoms. The number of hydrogen-bond donors (Lipinski definition) is 3. The fraction of sp³-hybridized carbons (Fsp3) is 0.667. The molecule has 2 aromatic rings. The molecule has 0 spiro atoms. The number of aromatic nitrogens is 1. The predicted octanol–water partition coefficient (Wildman–Crippen LogP) is 4.34. The van der Waals surface area contributed by atoms with E-state index in [1.54, 1.807) is 46.2 Å². The Morgan fingerprint density at radius 1 is 1.08 bits per heavy atom. The number of likely N-dealkylation sites (tertiary alicyclic amines) is 1. The summed E-state index contributed by atoms with van der Waals surface area (Å²) in [5, 5.41) is 8.79. The van der Waals surface area contributed by atoms with Crippen molar-refractivity contribution in [2.24, 2.45) is 23.5 Å². The van der Waals surface area contributed by atoms with E-state index in [-0.39, 0.29) is 48.1 Å². The molecule has 0 aliphatic carbocycles. The predicted molar refractivity (Wildman–Crippen MR) is 204 cm³/mol. The number of likely N-dealkylation sites (N-methyl/N-ethyl adjacent to an activating group) is 1. The number of methoxy groups -OCH3 is 2. The Bertz CT molecular complexity index is 1430. The molecule has 4 amide bonds. The Kier molecular flexibility index (Phi) is 16.2. The largest absolute Gasteiger partial charge is 0.379 e. The summed E-state index contributed by atoms with van der Waals surface area (Å²) in [4.78, 5) is 62.8. The molecule has 3 unspecified atom stereocenters. The van der Waals surface area contributed by atoms with E-state index in [0.717, 1.165) is 23.4 Å². The summed E-state index contributed by atoms with van der Waals surface area (Å²) in [6, 6.07) is 8.11. The van der Waals surface area contributed by atoms with Gasteiger partial charge in [-0.05, 0) is 50.5 Å². The number of thiazole rings is 1.